The summed E-state index contributed by atoms with van der Waals surface area (Å²) in [4.78, 5) is 12.8. The van der Waals surface area contributed by atoms with Crippen LogP contribution in [0.1, 0.15) is 11.1 Å². The molecule has 4 nitrogen and oxygen atoms in total. The van der Waals surface area contributed by atoms with Gasteiger partial charge in [-0.2, -0.15) is 0 Å². The van der Waals surface area contributed by atoms with Crippen LogP contribution in [0, 0.1) is 13.8 Å². The first-order valence-corrected chi connectivity index (χ1v) is 5.68. The fraction of sp³-hybridized carbons (Fsp3) is 0.462. The number of aryl methyl sites for hydroxylation is 2. The molecule has 0 heterocycles. The highest BCUT2D eigenvalue weighted by atomic mass is 16.5. The second-order valence-electron chi connectivity index (χ2n) is 4.19. The zero-order valence-electron chi connectivity index (χ0n) is 10.7. The summed E-state index contributed by atoms with van der Waals surface area (Å²) in [6.45, 7) is 5.13. The predicted octanol–water partition coefficient (Wildman–Crippen LogP) is 1.10. The van der Waals surface area contributed by atoms with E-state index < -0.39 is 0 Å². The first-order valence-electron chi connectivity index (χ1n) is 5.68. The van der Waals surface area contributed by atoms with Gasteiger partial charge in [0.15, 0.2) is 0 Å². The second kappa shape index (κ2) is 6.25. The minimum absolute atomic E-state index is 0.0417. The van der Waals surface area contributed by atoms with E-state index in [9.17, 15) is 4.79 Å². The van der Waals surface area contributed by atoms with Crippen molar-refractivity contribution in [1.82, 2.24) is 4.90 Å². The lowest BCUT2D eigenvalue weighted by atomic mass is 10.1. The van der Waals surface area contributed by atoms with Crippen LogP contribution in [-0.4, -0.2) is 37.6 Å². The van der Waals surface area contributed by atoms with Crippen molar-refractivity contribution in [3.63, 3.8) is 0 Å². The highest BCUT2D eigenvalue weighted by Gasteiger charge is 2.05. The molecule has 2 N–H and O–H groups in total. The third-order valence-corrected chi connectivity index (χ3v) is 2.49. The SMILES string of the molecule is Cc1cc(C)cc(OCCN(C)C(=O)CN)c1. The Morgan fingerprint density at radius 3 is 2.41 bits per heavy atom. The normalized spacial score (nSPS) is 10.1. The molecule has 0 aliphatic heterocycles. The van der Waals surface area contributed by atoms with E-state index >= 15 is 0 Å². The Morgan fingerprint density at radius 1 is 1.29 bits per heavy atom. The maximum atomic E-state index is 11.2. The summed E-state index contributed by atoms with van der Waals surface area (Å²) in [5.74, 6) is 0.769. The topological polar surface area (TPSA) is 55.6 Å². The Hall–Kier alpha value is -1.55. The lowest BCUT2D eigenvalue weighted by Gasteiger charge is -2.16. The summed E-state index contributed by atoms with van der Waals surface area (Å²) in [6.07, 6.45) is 0. The molecule has 1 rings (SSSR count). The van der Waals surface area contributed by atoms with Crippen molar-refractivity contribution in [3.05, 3.63) is 29.3 Å². The number of benzene rings is 1. The zero-order valence-corrected chi connectivity index (χ0v) is 10.7. The molecule has 0 radical (unpaired) electrons. The van der Waals surface area contributed by atoms with Crippen LogP contribution in [0.2, 0.25) is 0 Å². The Labute approximate surface area is 102 Å². The molecule has 0 atom stereocenters. The smallest absolute Gasteiger partial charge is 0.236 e. The van der Waals surface area contributed by atoms with E-state index in [0.29, 0.717) is 13.2 Å². The molecule has 0 saturated carbocycles. The van der Waals surface area contributed by atoms with E-state index in [-0.39, 0.29) is 12.5 Å². The fourth-order valence-corrected chi connectivity index (χ4v) is 1.60. The van der Waals surface area contributed by atoms with Crippen LogP contribution in [-0.2, 0) is 4.79 Å². The Morgan fingerprint density at radius 2 is 1.88 bits per heavy atom. The summed E-state index contributed by atoms with van der Waals surface area (Å²) in [5, 5.41) is 0. The molecular formula is C13H20N2O2. The highest BCUT2D eigenvalue weighted by molar-refractivity contribution is 5.77. The molecule has 94 valence electrons. The van der Waals surface area contributed by atoms with Gasteiger partial charge in [-0.3, -0.25) is 4.79 Å². The van der Waals surface area contributed by atoms with Crippen molar-refractivity contribution >= 4 is 5.91 Å². The van der Waals surface area contributed by atoms with E-state index in [1.54, 1.807) is 11.9 Å². The zero-order chi connectivity index (χ0) is 12.8. The molecule has 0 aliphatic carbocycles. The summed E-state index contributed by atoms with van der Waals surface area (Å²) in [5.41, 5.74) is 7.61. The van der Waals surface area contributed by atoms with E-state index in [4.69, 9.17) is 10.5 Å². The molecule has 1 aromatic rings. The molecule has 0 unspecified atom stereocenters. The molecule has 17 heavy (non-hydrogen) atoms. The highest BCUT2D eigenvalue weighted by Crippen LogP contribution is 2.15. The molecule has 1 amide bonds. The molecule has 0 saturated heterocycles. The number of carbonyl (C=O) groups excluding carboxylic acids is 1. The van der Waals surface area contributed by atoms with Gasteiger partial charge in [-0.15, -0.1) is 0 Å². The monoisotopic (exact) mass is 236 g/mol. The number of nitrogens with zero attached hydrogens (tertiary/aromatic N) is 1. The number of ether oxygens (including phenoxy) is 1. The molecule has 0 spiro atoms. The third-order valence-electron chi connectivity index (χ3n) is 2.49. The van der Waals surface area contributed by atoms with Gasteiger partial charge in [0, 0.05) is 7.05 Å². The molecule has 0 bridgehead atoms. The average molecular weight is 236 g/mol. The number of hydrogen-bond donors (Lipinski definition) is 1. The Kier molecular flexibility index (Phi) is 4.97. The van der Waals surface area contributed by atoms with Crippen LogP contribution in [0.4, 0.5) is 0 Å². The fourth-order valence-electron chi connectivity index (χ4n) is 1.60. The lowest BCUT2D eigenvalue weighted by Crippen LogP contribution is -2.35. The molecule has 0 fully saturated rings. The molecule has 0 aromatic heterocycles. The van der Waals surface area contributed by atoms with E-state index in [1.165, 1.54) is 11.1 Å². The minimum atomic E-state index is -0.0750. The van der Waals surface area contributed by atoms with Crippen molar-refractivity contribution in [1.29, 1.82) is 0 Å². The van der Waals surface area contributed by atoms with Crippen molar-refractivity contribution in [2.75, 3.05) is 26.7 Å². The van der Waals surface area contributed by atoms with Crippen molar-refractivity contribution in [2.24, 2.45) is 5.73 Å². The van der Waals surface area contributed by atoms with Gasteiger partial charge in [-0.1, -0.05) is 6.07 Å². The van der Waals surface area contributed by atoms with E-state index in [1.807, 2.05) is 26.0 Å². The Balaban J connectivity index is 2.43. The van der Waals surface area contributed by atoms with Gasteiger partial charge >= 0.3 is 0 Å². The maximum absolute atomic E-state index is 11.2. The maximum Gasteiger partial charge on any atom is 0.236 e. The van der Waals surface area contributed by atoms with E-state index in [0.717, 1.165) is 5.75 Å². The van der Waals surface area contributed by atoms with Gasteiger partial charge in [0.2, 0.25) is 5.91 Å². The summed E-state index contributed by atoms with van der Waals surface area (Å²) in [6, 6.07) is 6.06. The molecule has 4 heteroatoms. The molecule has 0 aliphatic rings. The number of nitrogens with two attached hydrogens (primary N) is 1. The first kappa shape index (κ1) is 13.5. The standard InChI is InChI=1S/C13H20N2O2/c1-10-6-11(2)8-12(7-10)17-5-4-15(3)13(16)9-14/h6-8H,4-5,9,14H2,1-3H3. The third kappa shape index (κ3) is 4.44. The number of carbonyl (C=O) groups is 1. The van der Waals surface area contributed by atoms with Gasteiger partial charge in [0.25, 0.3) is 0 Å². The minimum Gasteiger partial charge on any atom is -0.492 e. The quantitative estimate of drug-likeness (QED) is 0.833. The van der Waals surface area contributed by atoms with Gasteiger partial charge in [0.1, 0.15) is 12.4 Å². The summed E-state index contributed by atoms with van der Waals surface area (Å²) in [7, 11) is 1.72. The largest absolute Gasteiger partial charge is 0.492 e. The van der Waals surface area contributed by atoms with Gasteiger partial charge in [-0.25, -0.2) is 0 Å². The average Bonchev–Trinajstić information content (AvgIpc) is 2.26. The van der Waals surface area contributed by atoms with Gasteiger partial charge < -0.3 is 15.4 Å². The predicted molar refractivity (Wildman–Crippen MR) is 68.1 cm³/mol. The first-order chi connectivity index (χ1) is 8.02. The van der Waals surface area contributed by atoms with Crippen molar-refractivity contribution in [2.45, 2.75) is 13.8 Å². The van der Waals surface area contributed by atoms with Crippen LogP contribution in [0.15, 0.2) is 18.2 Å². The van der Waals surface area contributed by atoms with Crippen LogP contribution in [0.3, 0.4) is 0 Å². The number of hydrogen-bond acceptors (Lipinski definition) is 3. The number of likely N-dealkylation sites (N-methyl/N-ethyl adjacent to an activating group) is 1. The van der Waals surface area contributed by atoms with Crippen molar-refractivity contribution in [3.8, 4) is 5.75 Å². The van der Waals surface area contributed by atoms with Crippen molar-refractivity contribution < 1.29 is 9.53 Å². The van der Waals surface area contributed by atoms with Crippen LogP contribution in [0.25, 0.3) is 0 Å². The van der Waals surface area contributed by atoms with Crippen LogP contribution < -0.4 is 10.5 Å². The van der Waals surface area contributed by atoms with Crippen LogP contribution in [0.5, 0.6) is 5.75 Å². The number of rotatable bonds is 5. The summed E-state index contributed by atoms with van der Waals surface area (Å²) < 4.78 is 5.60. The molecular weight excluding hydrogens is 216 g/mol. The lowest BCUT2D eigenvalue weighted by molar-refractivity contribution is -0.128. The Bertz CT molecular complexity index is 371. The van der Waals surface area contributed by atoms with Crippen LogP contribution >= 0.6 is 0 Å². The summed E-state index contributed by atoms with van der Waals surface area (Å²) >= 11 is 0. The van der Waals surface area contributed by atoms with Gasteiger partial charge in [0.05, 0.1) is 13.1 Å². The number of amides is 1. The second-order valence-corrected chi connectivity index (χ2v) is 4.19. The molecule has 1 aromatic carbocycles. The van der Waals surface area contributed by atoms with E-state index in [2.05, 4.69) is 6.07 Å². The van der Waals surface area contributed by atoms with Gasteiger partial charge in [-0.05, 0) is 37.1 Å².